The Hall–Kier alpha value is -10.7. The van der Waals surface area contributed by atoms with Gasteiger partial charge in [-0.3, -0.25) is 49.2 Å². The van der Waals surface area contributed by atoms with Gasteiger partial charge in [-0.2, -0.15) is 40.5 Å². The zero-order valence-corrected chi connectivity index (χ0v) is 70.9. The van der Waals surface area contributed by atoms with Crippen LogP contribution in [0.25, 0.3) is 42.8 Å². The summed E-state index contributed by atoms with van der Waals surface area (Å²) in [6.45, 7) is 2.01. The zero-order chi connectivity index (χ0) is 85.3. The minimum Gasteiger partial charge on any atom is -0.469 e. The highest BCUT2D eigenvalue weighted by molar-refractivity contribution is 7.59. The van der Waals surface area contributed by atoms with Gasteiger partial charge in [-0.15, -0.1) is 0 Å². The van der Waals surface area contributed by atoms with Gasteiger partial charge in [0.05, 0.1) is 54.0 Å². The number of nitrogens with zero attached hydrogens (tertiary/aromatic N) is 10. The third kappa shape index (κ3) is 33.3. The van der Waals surface area contributed by atoms with Crippen LogP contribution in [-0.4, -0.2) is 193 Å². The van der Waals surface area contributed by atoms with Crippen molar-refractivity contribution in [2.24, 2.45) is 5.11 Å². The van der Waals surface area contributed by atoms with Gasteiger partial charge in [0, 0.05) is 126 Å². The van der Waals surface area contributed by atoms with E-state index in [1.54, 1.807) is 55.4 Å². The summed E-state index contributed by atoms with van der Waals surface area (Å²) in [5.41, 5.74) is 9.66. The summed E-state index contributed by atoms with van der Waals surface area (Å²) < 4.78 is 101. The molecule has 27 nitrogen and oxygen atoms in total. The maximum Gasteiger partial charge on any atom is 0.412 e. The molecule has 1 fully saturated rings. The number of carbonyl (C=O) groups excluding carboxylic acids is 9. The fourth-order valence-corrected chi connectivity index (χ4v) is 12.4. The zero-order valence-electron chi connectivity index (χ0n) is 65.7. The number of methoxy groups -OCH3 is 2. The highest BCUT2D eigenvalue weighted by Crippen LogP contribution is 2.27. The third-order valence-electron chi connectivity index (χ3n) is 18.6. The Morgan fingerprint density at radius 1 is 0.512 bits per heavy atom. The van der Waals surface area contributed by atoms with E-state index >= 15 is 0 Å². The standard InChI is InChI=1S/C29H32ClF2N5O4.C26H26ClF2N3O5.C16H21ClFNO4.C10H5FN4O.CH4.3H2S/c1-36(26(38)9-6-19-3-2-4-24(32)28(19)30)23(8-10-27(39)37-13-11-33-12-14-37)18-41-29(40)35-25-16-21-15-22(31)7-5-20(21)17-34-25;1-32(23(33)10-7-16-4-3-5-21(29)25(16)27)20(9-11-24(34)36-2)15-37-26(35)31-22-13-18-12-19(28)8-6-17(18)14-30-22;1-19(12(10-20)7-9-15(22)23-2)14(21)8-6-11-4-3-5-13(18)16(11)17;11-8-2-1-6-5-13-9(4-7(6)3-8)10(16)14-15-12;;;;/h2-5,7,15-17,23,33H,6,8-14,18H2,1H3,(H,34,35,40);3-6,8,12-14,20H,7,9-11,15H2,1-2H3,(H,30,31,35);3-5,12,20H,6-10H2,1-2H3;1-5H;1H4;3*1H2/t23-;20-;12-;;;;;/m000...../s1. The SMILES string of the molecule is C.CN(C(=O)CCc1cccc(F)c1Cl)[C@@H](CCC(=O)N1CCNCC1)COC(=O)Nc1cc2cc(F)ccc2cn1.COC(=O)CC[C@@H](CO)N(C)C(=O)CCc1cccc(F)c1Cl.COC(=O)CC[C@@H](COC(=O)Nc1cc2cc(F)ccc2cn1)N(C)C(=O)CCc1cccc(F)c1Cl.S.S.S.[N-]=[N+]=NC(=O)c1cc2cc(F)ccc2cn1. The number of pyridine rings is 3. The van der Waals surface area contributed by atoms with Crippen molar-refractivity contribution in [1.29, 1.82) is 0 Å². The number of ether oxygens (including phenoxy) is 4. The molecule has 1 saturated heterocycles. The monoisotopic (exact) mass is 1800 g/mol. The Bertz CT molecular complexity index is 5080. The van der Waals surface area contributed by atoms with Crippen LogP contribution in [0.1, 0.15) is 92.4 Å². The number of likely N-dealkylation sites (N-methyl/N-ethyl adjacent to an activating group) is 3. The van der Waals surface area contributed by atoms with Crippen molar-refractivity contribution in [3.05, 3.63) is 229 Å². The maximum atomic E-state index is 13.8. The number of carbonyl (C=O) groups is 9. The molecule has 3 aromatic heterocycles. The molecule has 6 aromatic carbocycles. The first-order valence-corrected chi connectivity index (χ1v) is 37.5. The van der Waals surface area contributed by atoms with Crippen molar-refractivity contribution in [3.8, 4) is 0 Å². The van der Waals surface area contributed by atoms with Gasteiger partial charge >= 0.3 is 24.1 Å². The first-order chi connectivity index (χ1) is 56.0. The lowest BCUT2D eigenvalue weighted by atomic mass is 10.1. The lowest BCUT2D eigenvalue weighted by Gasteiger charge is -2.30. The van der Waals surface area contributed by atoms with Crippen LogP contribution in [0.2, 0.25) is 15.1 Å². The van der Waals surface area contributed by atoms with Crippen molar-refractivity contribution < 1.29 is 93.5 Å². The first kappa shape index (κ1) is 104. The average molecular weight is 1800 g/mol. The van der Waals surface area contributed by atoms with Crippen LogP contribution in [0, 0.1) is 34.9 Å². The molecule has 1 aliphatic rings. The number of anilines is 2. The fourth-order valence-electron chi connectivity index (χ4n) is 11.7. The summed E-state index contributed by atoms with van der Waals surface area (Å²) in [7, 11) is 7.21. The molecule has 0 spiro atoms. The lowest BCUT2D eigenvalue weighted by Crippen LogP contribution is -2.47. The first-order valence-electron chi connectivity index (χ1n) is 36.4. The Balaban J connectivity index is 0.000000434. The molecule has 121 heavy (non-hydrogen) atoms. The largest absolute Gasteiger partial charge is 0.469 e. The highest BCUT2D eigenvalue weighted by Gasteiger charge is 2.28. The maximum absolute atomic E-state index is 13.8. The Morgan fingerprint density at radius 3 is 1.24 bits per heavy atom. The van der Waals surface area contributed by atoms with Crippen LogP contribution in [0.15, 0.2) is 151 Å². The van der Waals surface area contributed by atoms with E-state index in [9.17, 15) is 74.6 Å². The number of aliphatic hydroxyl groups excluding tert-OH is 1. The van der Waals surface area contributed by atoms with Gasteiger partial charge in [0.2, 0.25) is 23.6 Å². The number of esters is 2. The number of rotatable bonds is 29. The predicted octanol–water partition coefficient (Wildman–Crippen LogP) is 15.5. The minimum absolute atomic E-state index is 0. The molecule has 7 amide bonds. The van der Waals surface area contributed by atoms with Crippen molar-refractivity contribution in [3.63, 3.8) is 0 Å². The molecule has 10 rings (SSSR count). The normalized spacial score (nSPS) is 11.8. The molecule has 1 aliphatic heterocycles. The molecule has 9 aromatic rings. The molecule has 4 heterocycles. The number of benzene rings is 6. The topological polar surface area (TPSA) is 347 Å². The van der Waals surface area contributed by atoms with Gasteiger partial charge in [0.15, 0.2) is 0 Å². The van der Waals surface area contributed by atoms with Crippen LogP contribution in [0.3, 0.4) is 0 Å². The fraction of sp³-hybridized carbons (Fsp3) is 0.341. The number of aliphatic hydroxyl groups is 1. The molecule has 0 bridgehead atoms. The molecule has 39 heteroatoms. The van der Waals surface area contributed by atoms with Gasteiger partial charge < -0.3 is 49.0 Å². The van der Waals surface area contributed by atoms with E-state index in [2.05, 4.69) is 50.4 Å². The van der Waals surface area contributed by atoms with Gasteiger partial charge in [0.25, 0.3) is 5.91 Å². The molecular weight excluding hydrogens is 1710 g/mol. The summed E-state index contributed by atoms with van der Waals surface area (Å²) in [6, 6.07) is 28.6. The van der Waals surface area contributed by atoms with Crippen LogP contribution in [0.5, 0.6) is 0 Å². The van der Waals surface area contributed by atoms with E-state index in [1.807, 2.05) is 0 Å². The average Bonchev–Trinajstić information content (AvgIpc) is 0.822. The molecular formula is C82H94Cl3F6N13O14S3. The van der Waals surface area contributed by atoms with Crippen molar-refractivity contribution in [2.45, 2.75) is 103 Å². The number of nitrogens with one attached hydrogen (secondary N) is 3. The van der Waals surface area contributed by atoms with E-state index in [0.29, 0.717) is 74.9 Å². The second kappa shape index (κ2) is 53.2. The molecule has 3 atom stereocenters. The summed E-state index contributed by atoms with van der Waals surface area (Å²) in [5, 5.41) is 24.2. The number of hydrogen-bond acceptors (Lipinski definition) is 18. The number of aromatic nitrogens is 3. The van der Waals surface area contributed by atoms with Gasteiger partial charge in [-0.1, -0.05) is 78.6 Å². The van der Waals surface area contributed by atoms with Crippen LogP contribution in [0.4, 0.5) is 47.6 Å². The molecule has 0 unspecified atom stereocenters. The Morgan fingerprint density at radius 2 is 0.868 bits per heavy atom. The van der Waals surface area contributed by atoms with E-state index in [4.69, 9.17) is 49.8 Å². The van der Waals surface area contributed by atoms with Crippen LogP contribution >= 0.6 is 75.3 Å². The quantitative estimate of drug-likeness (QED) is 0.00845. The third-order valence-corrected chi connectivity index (χ3v) is 19.9. The molecule has 4 N–H and O–H groups in total. The van der Waals surface area contributed by atoms with E-state index < -0.39 is 83.1 Å². The second-order valence-corrected chi connectivity index (χ2v) is 27.5. The second-order valence-electron chi connectivity index (χ2n) is 26.3. The van der Waals surface area contributed by atoms with Crippen LogP contribution < -0.4 is 16.0 Å². The number of halogens is 9. The number of fused-ring (bicyclic) bond motifs is 3. The van der Waals surface area contributed by atoms with Crippen molar-refractivity contribution in [2.75, 3.05) is 92.0 Å². The Kier molecular flexibility index (Phi) is 45.9. The smallest absolute Gasteiger partial charge is 0.412 e. The van der Waals surface area contributed by atoms with Crippen molar-refractivity contribution >= 4 is 173 Å². The summed E-state index contributed by atoms with van der Waals surface area (Å²) in [6.07, 6.45) is 4.76. The molecule has 0 radical (unpaired) electrons. The molecule has 0 aliphatic carbocycles. The molecule has 652 valence electrons. The van der Waals surface area contributed by atoms with Crippen molar-refractivity contribution in [1.82, 2.24) is 39.9 Å². The van der Waals surface area contributed by atoms with Crippen LogP contribution in [-0.2, 0) is 67.0 Å². The lowest BCUT2D eigenvalue weighted by molar-refractivity contribution is -0.142. The predicted molar refractivity (Wildman–Crippen MR) is 464 cm³/mol. The van der Waals surface area contributed by atoms with Gasteiger partial charge in [0.1, 0.15) is 65.4 Å². The van der Waals surface area contributed by atoms with E-state index in [-0.39, 0.29) is 188 Å². The van der Waals surface area contributed by atoms with E-state index in [1.165, 1.54) is 146 Å². The number of piperazine rings is 1. The minimum atomic E-state index is -0.835. The highest BCUT2D eigenvalue weighted by atomic mass is 35.5. The summed E-state index contributed by atoms with van der Waals surface area (Å²) in [5.74, 6) is -5.03. The van der Waals surface area contributed by atoms with Gasteiger partial charge in [-0.25, -0.2) is 45.9 Å². The number of hydrogen-bond donors (Lipinski definition) is 4. The summed E-state index contributed by atoms with van der Waals surface area (Å²) in [4.78, 5) is 130. The number of azide groups is 1. The summed E-state index contributed by atoms with van der Waals surface area (Å²) >= 11 is 17.9. The Labute approximate surface area is 730 Å². The van der Waals surface area contributed by atoms with E-state index in [0.717, 1.165) is 13.1 Å². The number of amides is 7. The molecule has 0 saturated carbocycles. The van der Waals surface area contributed by atoms with Gasteiger partial charge in [-0.05, 0) is 173 Å². The number of aryl methyl sites for hydroxylation is 3.